The van der Waals surface area contributed by atoms with Crippen molar-refractivity contribution in [1.82, 2.24) is 10.7 Å². The van der Waals surface area contributed by atoms with Crippen molar-refractivity contribution in [3.05, 3.63) is 29.8 Å². The second-order valence-corrected chi connectivity index (χ2v) is 5.23. The molecule has 1 rings (SSSR count). The Labute approximate surface area is 141 Å². The van der Waals surface area contributed by atoms with Crippen molar-refractivity contribution >= 4 is 29.0 Å². The average Bonchev–Trinajstić information content (AvgIpc) is 2.54. The zero-order valence-corrected chi connectivity index (χ0v) is 14.2. The molecule has 7 heteroatoms. The largest absolute Gasteiger partial charge is 0.546 e. The predicted molar refractivity (Wildman–Crippen MR) is 92.4 cm³/mol. The molecule has 0 amide bonds. The van der Waals surface area contributed by atoms with Gasteiger partial charge in [0, 0.05) is 6.54 Å². The highest BCUT2D eigenvalue weighted by Gasteiger charge is 2.03. The summed E-state index contributed by atoms with van der Waals surface area (Å²) in [5, 5.41) is 18.2. The molecule has 0 aliphatic rings. The van der Waals surface area contributed by atoms with Crippen LogP contribution >= 0.6 is 12.2 Å². The molecule has 1 aromatic rings. The third-order valence-corrected chi connectivity index (χ3v) is 3.22. The molecular weight excluding hydrogens is 314 g/mol. The molecule has 0 unspecified atom stereocenters. The highest BCUT2D eigenvalue weighted by atomic mass is 32.1. The third-order valence-electron chi connectivity index (χ3n) is 2.99. The molecule has 0 heterocycles. The highest BCUT2D eigenvalue weighted by Crippen LogP contribution is 2.13. The van der Waals surface area contributed by atoms with Gasteiger partial charge in [-0.3, -0.25) is 5.43 Å². The Kier molecular flexibility index (Phi) is 8.67. The summed E-state index contributed by atoms with van der Waals surface area (Å²) in [5.74, 6) is -0.781. The van der Waals surface area contributed by atoms with Gasteiger partial charge in [-0.2, -0.15) is 5.10 Å². The second kappa shape index (κ2) is 10.6. The summed E-state index contributed by atoms with van der Waals surface area (Å²) >= 11 is 5.15. The Morgan fingerprint density at radius 3 is 2.57 bits per heavy atom. The maximum atomic E-state index is 10.4. The van der Waals surface area contributed by atoms with E-state index in [0.29, 0.717) is 10.9 Å². The van der Waals surface area contributed by atoms with Crippen LogP contribution in [0.25, 0.3) is 0 Å². The lowest BCUT2D eigenvalue weighted by atomic mass is 10.1. The summed E-state index contributed by atoms with van der Waals surface area (Å²) in [6, 6.07) is 7.03. The zero-order valence-electron chi connectivity index (χ0n) is 13.4. The molecule has 1 aromatic carbocycles. The van der Waals surface area contributed by atoms with Crippen LogP contribution in [-0.2, 0) is 4.79 Å². The minimum absolute atomic E-state index is 0.465. The number of nitrogens with zero attached hydrogens (tertiary/aromatic N) is 1. The molecule has 0 saturated heterocycles. The van der Waals surface area contributed by atoms with Gasteiger partial charge < -0.3 is 20.0 Å². The summed E-state index contributed by atoms with van der Waals surface area (Å²) in [6.45, 7) is 4.47. The Hall–Kier alpha value is -2.15. The molecule has 126 valence electrons. The number of nitrogens with one attached hydrogen (secondary N) is 2. The number of ether oxygens (including phenoxy) is 1. The predicted octanol–water partition coefficient (Wildman–Crippen LogP) is 1.19. The number of carbonyl (C=O) groups excluding carboxylic acids is 1. The molecule has 0 aromatic heterocycles. The Morgan fingerprint density at radius 2 is 2.00 bits per heavy atom. The first kappa shape index (κ1) is 18.9. The van der Waals surface area contributed by atoms with Crippen molar-refractivity contribution in [3.63, 3.8) is 0 Å². The van der Waals surface area contributed by atoms with Gasteiger partial charge in [-0.1, -0.05) is 20.3 Å². The minimum Gasteiger partial charge on any atom is -0.546 e. The van der Waals surface area contributed by atoms with E-state index in [1.165, 1.54) is 0 Å². The summed E-state index contributed by atoms with van der Waals surface area (Å²) in [7, 11) is 0. The number of thiocarbonyl (C=S) groups is 1. The van der Waals surface area contributed by atoms with E-state index in [-0.39, 0.29) is 0 Å². The first-order valence-corrected chi connectivity index (χ1v) is 8.01. The van der Waals surface area contributed by atoms with Crippen LogP contribution in [0.1, 0.15) is 38.7 Å². The number of aliphatic carboxylic acids is 1. The van der Waals surface area contributed by atoms with Crippen LogP contribution in [0.5, 0.6) is 5.75 Å². The van der Waals surface area contributed by atoms with Crippen molar-refractivity contribution in [2.75, 3.05) is 13.2 Å². The van der Waals surface area contributed by atoms with Crippen LogP contribution in [0.15, 0.2) is 29.4 Å². The summed E-state index contributed by atoms with van der Waals surface area (Å²) in [6.07, 6.45) is 2.88. The number of rotatable bonds is 9. The second-order valence-electron chi connectivity index (χ2n) is 4.82. The van der Waals surface area contributed by atoms with Gasteiger partial charge in [-0.25, -0.2) is 0 Å². The van der Waals surface area contributed by atoms with Gasteiger partial charge in [0.25, 0.3) is 0 Å². The third kappa shape index (κ3) is 7.60. The van der Waals surface area contributed by atoms with Crippen LogP contribution in [-0.4, -0.2) is 29.9 Å². The maximum Gasteiger partial charge on any atom is 0.186 e. The molecule has 6 nitrogen and oxygen atoms in total. The standard InChI is InChI=1S/C16H23N3O3S/c1-3-5-10-17-16(23)19-18-14(4-2)12-6-8-13(9-7-12)22-11-15(20)21/h6-9H,3-5,10-11H2,1-2H3,(H,20,21)(H2,17,19,23)/p-1/b18-14-. The lowest BCUT2D eigenvalue weighted by Crippen LogP contribution is -2.33. The zero-order chi connectivity index (χ0) is 17.1. The number of hydrogen-bond acceptors (Lipinski definition) is 5. The lowest BCUT2D eigenvalue weighted by molar-refractivity contribution is -0.307. The van der Waals surface area contributed by atoms with E-state index in [1.54, 1.807) is 12.1 Å². The van der Waals surface area contributed by atoms with Gasteiger partial charge in [0.1, 0.15) is 12.4 Å². The molecule has 0 atom stereocenters. The van der Waals surface area contributed by atoms with E-state index >= 15 is 0 Å². The Bertz CT molecular complexity index is 544. The molecule has 0 saturated carbocycles. The Balaban J connectivity index is 2.60. The fourth-order valence-corrected chi connectivity index (χ4v) is 1.92. The van der Waals surface area contributed by atoms with E-state index in [1.807, 2.05) is 19.1 Å². The van der Waals surface area contributed by atoms with E-state index in [4.69, 9.17) is 17.0 Å². The van der Waals surface area contributed by atoms with Crippen molar-refractivity contribution in [2.45, 2.75) is 33.1 Å². The number of carboxylic acids is 1. The lowest BCUT2D eigenvalue weighted by Gasteiger charge is -2.10. The molecule has 0 spiro atoms. The first-order valence-electron chi connectivity index (χ1n) is 7.60. The number of unbranched alkanes of at least 4 members (excludes halogenated alkanes) is 1. The van der Waals surface area contributed by atoms with Crippen LogP contribution in [0.4, 0.5) is 0 Å². The number of carbonyl (C=O) groups is 1. The average molecular weight is 336 g/mol. The highest BCUT2D eigenvalue weighted by molar-refractivity contribution is 7.80. The van der Waals surface area contributed by atoms with Crippen LogP contribution in [0.2, 0.25) is 0 Å². The molecule has 0 aliphatic heterocycles. The Morgan fingerprint density at radius 1 is 1.30 bits per heavy atom. The van der Waals surface area contributed by atoms with Crippen LogP contribution in [0, 0.1) is 0 Å². The summed E-state index contributed by atoms with van der Waals surface area (Å²) in [4.78, 5) is 10.4. The van der Waals surface area contributed by atoms with Crippen LogP contribution < -0.4 is 20.6 Å². The minimum atomic E-state index is -1.25. The number of hydrogen-bond donors (Lipinski definition) is 2. The van der Waals surface area contributed by atoms with E-state index in [9.17, 15) is 9.90 Å². The summed E-state index contributed by atoms with van der Waals surface area (Å²) < 4.78 is 5.04. The topological polar surface area (TPSA) is 85.8 Å². The van der Waals surface area contributed by atoms with Gasteiger partial charge in [0.15, 0.2) is 5.11 Å². The molecule has 0 bridgehead atoms. The smallest absolute Gasteiger partial charge is 0.186 e. The van der Waals surface area contributed by atoms with Crippen molar-refractivity contribution in [3.8, 4) is 5.75 Å². The quantitative estimate of drug-likeness (QED) is 0.305. The molecule has 0 radical (unpaired) electrons. The van der Waals surface area contributed by atoms with Gasteiger partial charge in [0.2, 0.25) is 0 Å². The maximum absolute atomic E-state index is 10.4. The number of carboxylic acid groups (broad SMARTS) is 1. The van der Waals surface area contributed by atoms with Gasteiger partial charge >= 0.3 is 0 Å². The fraction of sp³-hybridized carbons (Fsp3) is 0.438. The van der Waals surface area contributed by atoms with Crippen molar-refractivity contribution in [2.24, 2.45) is 5.10 Å². The van der Waals surface area contributed by atoms with E-state index in [2.05, 4.69) is 22.8 Å². The monoisotopic (exact) mass is 336 g/mol. The molecule has 2 N–H and O–H groups in total. The van der Waals surface area contributed by atoms with Gasteiger partial charge in [-0.05, 0) is 54.9 Å². The molecule has 23 heavy (non-hydrogen) atoms. The van der Waals surface area contributed by atoms with Gasteiger partial charge in [0.05, 0.1) is 11.7 Å². The van der Waals surface area contributed by atoms with E-state index in [0.717, 1.165) is 37.1 Å². The molecule has 0 aliphatic carbocycles. The van der Waals surface area contributed by atoms with Crippen molar-refractivity contribution < 1.29 is 14.6 Å². The van der Waals surface area contributed by atoms with Gasteiger partial charge in [-0.15, -0.1) is 0 Å². The first-order chi connectivity index (χ1) is 11.1. The van der Waals surface area contributed by atoms with Crippen molar-refractivity contribution in [1.29, 1.82) is 0 Å². The van der Waals surface area contributed by atoms with E-state index < -0.39 is 12.6 Å². The SMILES string of the molecule is CCCCNC(=S)N/N=C(/CC)c1ccc(OCC(=O)[O-])cc1. The number of benzene rings is 1. The fourth-order valence-electron chi connectivity index (χ4n) is 1.77. The molecule has 0 fully saturated rings. The van der Waals surface area contributed by atoms with Crippen LogP contribution in [0.3, 0.4) is 0 Å². The molecular formula is C16H22N3O3S-. The summed E-state index contributed by atoms with van der Waals surface area (Å²) in [5.41, 5.74) is 4.59. The number of hydrazone groups is 1. The normalized spacial score (nSPS) is 11.0.